The molecule has 0 aromatic carbocycles. The average molecular weight is 227 g/mol. The Hall–Kier alpha value is -1.64. The minimum absolute atomic E-state index is 0.506. The molecule has 0 aliphatic carbocycles. The highest BCUT2D eigenvalue weighted by Gasteiger charge is 2.16. The molecule has 0 bridgehead atoms. The molecule has 2 aromatic heterocycles. The zero-order chi connectivity index (χ0) is 11.8. The molecule has 88 valence electrons. The second kappa shape index (κ2) is 3.99. The third-order valence-corrected chi connectivity index (χ3v) is 3.44. The van der Waals surface area contributed by atoms with Crippen molar-refractivity contribution in [3.05, 3.63) is 47.3 Å². The predicted molar refractivity (Wildman–Crippen MR) is 67.1 cm³/mol. The van der Waals surface area contributed by atoms with Crippen LogP contribution in [0.2, 0.25) is 0 Å². The molecule has 3 nitrogen and oxygen atoms in total. The van der Waals surface area contributed by atoms with Crippen molar-refractivity contribution in [3.8, 4) is 0 Å². The first-order valence-electron chi connectivity index (χ1n) is 6.22. The lowest BCUT2D eigenvalue weighted by Gasteiger charge is -2.02. The van der Waals surface area contributed by atoms with Crippen molar-refractivity contribution < 1.29 is 0 Å². The summed E-state index contributed by atoms with van der Waals surface area (Å²) in [5.41, 5.74) is 3.95. The van der Waals surface area contributed by atoms with Gasteiger partial charge in [0.25, 0.3) is 0 Å². The quantitative estimate of drug-likeness (QED) is 0.749. The van der Waals surface area contributed by atoms with Gasteiger partial charge in [-0.05, 0) is 29.5 Å². The Labute approximate surface area is 102 Å². The van der Waals surface area contributed by atoms with Crippen molar-refractivity contribution in [1.29, 1.82) is 0 Å². The van der Waals surface area contributed by atoms with Crippen LogP contribution in [0.3, 0.4) is 0 Å². The van der Waals surface area contributed by atoms with Crippen LogP contribution in [0.5, 0.6) is 0 Å². The van der Waals surface area contributed by atoms with Crippen LogP contribution in [0.1, 0.15) is 42.4 Å². The van der Waals surface area contributed by atoms with Crippen molar-refractivity contribution in [3.63, 3.8) is 0 Å². The highest BCUT2D eigenvalue weighted by Crippen LogP contribution is 2.21. The highest BCUT2D eigenvalue weighted by atomic mass is 15.1. The van der Waals surface area contributed by atoms with Crippen LogP contribution in [0.25, 0.3) is 0 Å². The molecule has 0 spiro atoms. The Morgan fingerprint density at radius 3 is 3.00 bits per heavy atom. The zero-order valence-corrected chi connectivity index (χ0v) is 10.3. The molecule has 0 fully saturated rings. The van der Waals surface area contributed by atoms with E-state index in [4.69, 9.17) is 4.98 Å². The second-order valence-corrected chi connectivity index (χ2v) is 5.00. The van der Waals surface area contributed by atoms with Crippen LogP contribution in [-0.2, 0) is 19.4 Å². The first-order chi connectivity index (χ1) is 8.24. The molecule has 0 saturated carbocycles. The van der Waals surface area contributed by atoms with Gasteiger partial charge in [0, 0.05) is 31.6 Å². The third kappa shape index (κ3) is 1.86. The van der Waals surface area contributed by atoms with Crippen LogP contribution < -0.4 is 0 Å². The lowest BCUT2D eigenvalue weighted by Crippen LogP contribution is -2.00. The molecule has 3 heteroatoms. The first-order valence-corrected chi connectivity index (χ1v) is 6.22. The number of fused-ring (bicyclic) bond motifs is 2. The van der Waals surface area contributed by atoms with E-state index >= 15 is 0 Å². The van der Waals surface area contributed by atoms with Crippen LogP contribution in [-0.4, -0.2) is 14.5 Å². The zero-order valence-electron chi connectivity index (χ0n) is 10.3. The Morgan fingerprint density at radius 1 is 1.29 bits per heavy atom. The van der Waals surface area contributed by atoms with Gasteiger partial charge in [-0.1, -0.05) is 13.8 Å². The fourth-order valence-electron chi connectivity index (χ4n) is 2.35. The van der Waals surface area contributed by atoms with E-state index in [1.165, 1.54) is 22.6 Å². The van der Waals surface area contributed by atoms with E-state index in [9.17, 15) is 0 Å². The van der Waals surface area contributed by atoms with E-state index in [0.29, 0.717) is 5.92 Å². The molecule has 0 saturated heterocycles. The molecular weight excluding hydrogens is 210 g/mol. The molecule has 3 heterocycles. The maximum atomic E-state index is 4.75. The summed E-state index contributed by atoms with van der Waals surface area (Å²) in [7, 11) is 0. The smallest absolute Gasteiger partial charge is 0.113 e. The van der Waals surface area contributed by atoms with Crippen molar-refractivity contribution >= 4 is 0 Å². The van der Waals surface area contributed by atoms with Gasteiger partial charge < -0.3 is 4.57 Å². The Balaban J connectivity index is 2.01. The molecule has 0 radical (unpaired) electrons. The maximum Gasteiger partial charge on any atom is 0.113 e. The van der Waals surface area contributed by atoms with E-state index in [2.05, 4.69) is 35.7 Å². The van der Waals surface area contributed by atoms with Crippen molar-refractivity contribution in [2.24, 2.45) is 0 Å². The van der Waals surface area contributed by atoms with Crippen LogP contribution in [0.15, 0.2) is 24.7 Å². The molecule has 0 unspecified atom stereocenters. The van der Waals surface area contributed by atoms with Gasteiger partial charge in [0.2, 0.25) is 0 Å². The number of pyridine rings is 1. The third-order valence-electron chi connectivity index (χ3n) is 3.44. The Morgan fingerprint density at radius 2 is 2.18 bits per heavy atom. The number of hydrogen-bond acceptors (Lipinski definition) is 2. The topological polar surface area (TPSA) is 30.7 Å². The average Bonchev–Trinajstić information content (AvgIpc) is 2.64. The Kier molecular flexibility index (Phi) is 2.46. The standard InChI is InChI=1S/C14H17N3/c1-10(2)13-9-17-6-4-12-8-15-5-3-11(12)7-14(17)16-13/h3,5,8-10H,4,6-7H2,1-2H3. The fraction of sp³-hybridized carbons (Fsp3) is 0.429. The summed E-state index contributed by atoms with van der Waals surface area (Å²) in [5.74, 6) is 1.70. The van der Waals surface area contributed by atoms with E-state index in [1.54, 1.807) is 0 Å². The Bertz CT molecular complexity index is 540. The van der Waals surface area contributed by atoms with Gasteiger partial charge in [-0.15, -0.1) is 0 Å². The molecule has 0 atom stereocenters. The lowest BCUT2D eigenvalue weighted by atomic mass is 10.1. The number of imidazole rings is 1. The van der Waals surface area contributed by atoms with E-state index in [1.807, 2.05) is 12.4 Å². The summed E-state index contributed by atoms with van der Waals surface area (Å²) in [6.07, 6.45) is 8.07. The summed E-state index contributed by atoms with van der Waals surface area (Å²) in [6.45, 7) is 5.41. The van der Waals surface area contributed by atoms with Gasteiger partial charge >= 0.3 is 0 Å². The molecule has 0 amide bonds. The molecular formula is C14H17N3. The van der Waals surface area contributed by atoms with Crippen molar-refractivity contribution in [2.45, 2.75) is 39.2 Å². The second-order valence-electron chi connectivity index (χ2n) is 5.00. The van der Waals surface area contributed by atoms with Gasteiger partial charge in [0.05, 0.1) is 5.69 Å². The molecule has 2 aromatic rings. The SMILES string of the molecule is CC(C)c1cn2c(n1)Cc1ccncc1CC2. The fourth-order valence-corrected chi connectivity index (χ4v) is 2.35. The van der Waals surface area contributed by atoms with E-state index < -0.39 is 0 Å². The first kappa shape index (κ1) is 10.5. The van der Waals surface area contributed by atoms with Gasteiger partial charge in [-0.25, -0.2) is 4.98 Å². The lowest BCUT2D eigenvalue weighted by molar-refractivity contribution is 0.679. The van der Waals surface area contributed by atoms with E-state index in [-0.39, 0.29) is 0 Å². The molecule has 3 rings (SSSR count). The van der Waals surface area contributed by atoms with Gasteiger partial charge in [-0.2, -0.15) is 0 Å². The van der Waals surface area contributed by atoms with Crippen LogP contribution in [0.4, 0.5) is 0 Å². The highest BCUT2D eigenvalue weighted by molar-refractivity contribution is 5.29. The summed E-state index contributed by atoms with van der Waals surface area (Å²) < 4.78 is 2.30. The van der Waals surface area contributed by atoms with Crippen LogP contribution in [0, 0.1) is 0 Å². The van der Waals surface area contributed by atoms with Crippen molar-refractivity contribution in [1.82, 2.24) is 14.5 Å². The maximum absolute atomic E-state index is 4.75. The molecule has 1 aliphatic rings. The predicted octanol–water partition coefficient (Wildman–Crippen LogP) is 2.55. The number of hydrogen-bond donors (Lipinski definition) is 0. The minimum Gasteiger partial charge on any atom is -0.334 e. The number of aryl methyl sites for hydroxylation is 2. The van der Waals surface area contributed by atoms with Gasteiger partial charge in [0.15, 0.2) is 0 Å². The number of nitrogens with zero attached hydrogens (tertiary/aromatic N) is 3. The van der Waals surface area contributed by atoms with E-state index in [0.717, 1.165) is 19.4 Å². The molecule has 1 aliphatic heterocycles. The van der Waals surface area contributed by atoms with Gasteiger partial charge in [-0.3, -0.25) is 4.98 Å². The summed E-state index contributed by atoms with van der Waals surface area (Å²) >= 11 is 0. The molecule has 0 N–H and O–H groups in total. The molecule has 17 heavy (non-hydrogen) atoms. The number of rotatable bonds is 1. The minimum atomic E-state index is 0.506. The summed E-state index contributed by atoms with van der Waals surface area (Å²) in [6, 6.07) is 2.12. The summed E-state index contributed by atoms with van der Waals surface area (Å²) in [5, 5.41) is 0. The van der Waals surface area contributed by atoms with Gasteiger partial charge in [0.1, 0.15) is 5.82 Å². The number of aromatic nitrogens is 3. The monoisotopic (exact) mass is 227 g/mol. The van der Waals surface area contributed by atoms with Crippen molar-refractivity contribution in [2.75, 3.05) is 0 Å². The van der Waals surface area contributed by atoms with Crippen LogP contribution >= 0.6 is 0 Å². The largest absolute Gasteiger partial charge is 0.334 e. The normalized spacial score (nSPS) is 14.3. The summed E-state index contributed by atoms with van der Waals surface area (Å²) in [4.78, 5) is 8.95.